The molecule has 0 spiro atoms. The summed E-state index contributed by atoms with van der Waals surface area (Å²) in [6, 6.07) is 61.4. The minimum absolute atomic E-state index is 0.879. The molecule has 234 valence electrons. The number of hydrogen-bond acceptors (Lipinski definition) is 3. The Morgan fingerprint density at radius 2 is 1.02 bits per heavy atom. The number of thiophene rings is 1. The Morgan fingerprint density at radius 1 is 0.400 bits per heavy atom. The van der Waals surface area contributed by atoms with Crippen LogP contribution in [-0.4, -0.2) is 4.57 Å². The Morgan fingerprint density at radius 3 is 1.90 bits per heavy atom. The summed E-state index contributed by atoms with van der Waals surface area (Å²) in [4.78, 5) is 2.38. The molecule has 0 aliphatic rings. The maximum Gasteiger partial charge on any atom is 0.137 e. The van der Waals surface area contributed by atoms with Gasteiger partial charge < -0.3 is 13.9 Å². The van der Waals surface area contributed by atoms with E-state index in [1.807, 2.05) is 23.5 Å². The maximum absolute atomic E-state index is 6.42. The first kappa shape index (κ1) is 27.6. The van der Waals surface area contributed by atoms with E-state index in [0.717, 1.165) is 44.7 Å². The summed E-state index contributed by atoms with van der Waals surface area (Å²) in [6.07, 6.45) is 0. The van der Waals surface area contributed by atoms with E-state index < -0.39 is 0 Å². The summed E-state index contributed by atoms with van der Waals surface area (Å²) in [5.41, 5.74) is 8.55. The van der Waals surface area contributed by atoms with E-state index in [9.17, 15) is 0 Å². The fourth-order valence-corrected chi connectivity index (χ4v) is 8.96. The molecule has 0 aliphatic heterocycles. The van der Waals surface area contributed by atoms with Gasteiger partial charge in [-0.2, -0.15) is 0 Å². The molecule has 0 fully saturated rings. The molecule has 0 radical (unpaired) electrons. The van der Waals surface area contributed by atoms with Gasteiger partial charge in [-0.15, -0.1) is 11.3 Å². The van der Waals surface area contributed by atoms with Crippen molar-refractivity contribution < 1.29 is 4.42 Å². The van der Waals surface area contributed by atoms with Crippen molar-refractivity contribution in [2.45, 2.75) is 0 Å². The highest BCUT2D eigenvalue weighted by molar-refractivity contribution is 7.25. The zero-order chi connectivity index (χ0) is 32.8. The van der Waals surface area contributed by atoms with Crippen molar-refractivity contribution in [3.63, 3.8) is 0 Å². The monoisotopic (exact) mass is 656 g/mol. The molecule has 11 rings (SSSR count). The molecule has 0 saturated carbocycles. The molecule has 50 heavy (non-hydrogen) atoms. The molecule has 0 atom stereocenters. The third-order valence-electron chi connectivity index (χ3n) is 10.1. The fraction of sp³-hybridized carbons (Fsp3) is 0. The van der Waals surface area contributed by atoms with E-state index in [2.05, 4.69) is 167 Å². The van der Waals surface area contributed by atoms with Crippen molar-refractivity contribution in [3.8, 4) is 5.69 Å². The van der Waals surface area contributed by atoms with Gasteiger partial charge in [-0.3, -0.25) is 0 Å². The SMILES string of the molecule is c1ccc(-n2c3ccccc3c3cc(N(c4ccc5c(c4)oc4ccccc45)c4ccc5sc6cc7ccccc7cc6c5c4)ccc32)cc1. The lowest BCUT2D eigenvalue weighted by atomic mass is 10.0. The predicted octanol–water partition coefficient (Wildman–Crippen LogP) is 13.7. The summed E-state index contributed by atoms with van der Waals surface area (Å²) < 4.78 is 11.4. The largest absolute Gasteiger partial charge is 0.456 e. The normalized spacial score (nSPS) is 12.0. The van der Waals surface area contributed by atoms with Crippen molar-refractivity contribution in [1.29, 1.82) is 0 Å². The van der Waals surface area contributed by atoms with Crippen LogP contribution >= 0.6 is 11.3 Å². The number of anilines is 3. The molecule has 0 saturated heterocycles. The second-order valence-corrected chi connectivity index (χ2v) is 14.1. The standard InChI is InChI=1S/C46H28N2OS/c1-2-12-31(13-3-1)48-41-16-8-6-14-35(41)38-26-32(19-22-42(38)48)47(34-18-21-37-36-15-7-9-17-43(36)49-44(37)28-34)33-20-23-45-40(27-33)39-24-29-10-4-5-11-30(29)25-46(39)50-45/h1-28H. The Balaban J connectivity index is 1.17. The van der Waals surface area contributed by atoms with Gasteiger partial charge in [-0.05, 0) is 95.7 Å². The highest BCUT2D eigenvalue weighted by Gasteiger charge is 2.20. The highest BCUT2D eigenvalue weighted by atomic mass is 32.1. The molecule has 8 aromatic carbocycles. The molecular weight excluding hydrogens is 629 g/mol. The van der Waals surface area contributed by atoms with Crippen LogP contribution in [0.25, 0.3) is 80.4 Å². The Hall–Kier alpha value is -6.36. The number of aromatic nitrogens is 1. The average molecular weight is 657 g/mol. The second-order valence-electron chi connectivity index (χ2n) is 13.0. The summed E-state index contributed by atoms with van der Waals surface area (Å²) in [7, 11) is 0. The molecule has 4 heteroatoms. The van der Waals surface area contributed by atoms with Crippen molar-refractivity contribution in [3.05, 3.63) is 170 Å². The van der Waals surface area contributed by atoms with Crippen LogP contribution in [0.4, 0.5) is 17.1 Å². The molecule has 0 unspecified atom stereocenters. The van der Waals surface area contributed by atoms with Crippen molar-refractivity contribution in [2.24, 2.45) is 0 Å². The number of furan rings is 1. The van der Waals surface area contributed by atoms with Gasteiger partial charge in [0.1, 0.15) is 11.2 Å². The van der Waals surface area contributed by atoms with Crippen LogP contribution in [0.1, 0.15) is 0 Å². The van der Waals surface area contributed by atoms with Crippen molar-refractivity contribution >= 4 is 103 Å². The van der Waals surface area contributed by atoms with Crippen LogP contribution in [0.15, 0.2) is 174 Å². The smallest absolute Gasteiger partial charge is 0.137 e. The number of fused-ring (bicyclic) bond motifs is 10. The molecule has 0 aliphatic carbocycles. The topological polar surface area (TPSA) is 21.3 Å². The van der Waals surface area contributed by atoms with E-state index in [1.165, 1.54) is 52.8 Å². The fourth-order valence-electron chi connectivity index (χ4n) is 7.85. The number of hydrogen-bond donors (Lipinski definition) is 0. The van der Waals surface area contributed by atoms with E-state index in [0.29, 0.717) is 0 Å². The molecule has 3 aromatic heterocycles. The average Bonchev–Trinajstić information content (AvgIpc) is 3.83. The Bertz CT molecular complexity index is 3110. The molecule has 0 amide bonds. The lowest BCUT2D eigenvalue weighted by Crippen LogP contribution is -2.09. The quantitative estimate of drug-likeness (QED) is 0.188. The number of benzene rings is 8. The maximum atomic E-state index is 6.42. The van der Waals surface area contributed by atoms with Crippen molar-refractivity contribution in [2.75, 3.05) is 4.90 Å². The molecule has 0 N–H and O–H groups in total. The van der Waals surface area contributed by atoms with Gasteiger partial charge in [0.2, 0.25) is 0 Å². The number of rotatable bonds is 4. The first-order valence-corrected chi connectivity index (χ1v) is 17.7. The van der Waals surface area contributed by atoms with Crippen LogP contribution in [0, 0.1) is 0 Å². The van der Waals surface area contributed by atoms with E-state index in [-0.39, 0.29) is 0 Å². The molecule has 3 nitrogen and oxygen atoms in total. The number of nitrogens with zero attached hydrogens (tertiary/aromatic N) is 2. The molecule has 11 aromatic rings. The highest BCUT2D eigenvalue weighted by Crippen LogP contribution is 2.44. The molecule has 0 bridgehead atoms. The first-order chi connectivity index (χ1) is 24.8. The molecular formula is C46H28N2OS. The van der Waals surface area contributed by atoms with Gasteiger partial charge in [0.15, 0.2) is 0 Å². The third-order valence-corrected chi connectivity index (χ3v) is 11.3. The Kier molecular flexibility index (Phi) is 5.83. The number of para-hydroxylation sites is 3. The lowest BCUT2D eigenvalue weighted by molar-refractivity contribution is 0.669. The predicted molar refractivity (Wildman–Crippen MR) is 213 cm³/mol. The van der Waals surface area contributed by atoms with Crippen LogP contribution in [0.2, 0.25) is 0 Å². The van der Waals surface area contributed by atoms with Crippen LogP contribution in [-0.2, 0) is 0 Å². The van der Waals surface area contributed by atoms with E-state index in [1.54, 1.807) is 0 Å². The minimum Gasteiger partial charge on any atom is -0.456 e. The van der Waals surface area contributed by atoms with E-state index >= 15 is 0 Å². The third kappa shape index (κ3) is 4.09. The van der Waals surface area contributed by atoms with Crippen LogP contribution in [0.5, 0.6) is 0 Å². The van der Waals surface area contributed by atoms with E-state index in [4.69, 9.17) is 4.42 Å². The van der Waals surface area contributed by atoms with Gasteiger partial charge >= 0.3 is 0 Å². The minimum atomic E-state index is 0.879. The van der Waals surface area contributed by atoms with Gasteiger partial charge in [-0.25, -0.2) is 0 Å². The summed E-state index contributed by atoms with van der Waals surface area (Å²) >= 11 is 1.86. The van der Waals surface area contributed by atoms with Gasteiger partial charge in [0.05, 0.1) is 11.0 Å². The zero-order valence-corrected chi connectivity index (χ0v) is 27.7. The van der Waals surface area contributed by atoms with Gasteiger partial charge in [-0.1, -0.05) is 78.9 Å². The van der Waals surface area contributed by atoms with Crippen LogP contribution in [0.3, 0.4) is 0 Å². The lowest BCUT2D eigenvalue weighted by Gasteiger charge is -2.26. The van der Waals surface area contributed by atoms with Gasteiger partial charge in [0.25, 0.3) is 0 Å². The Labute approximate surface area is 291 Å². The summed E-state index contributed by atoms with van der Waals surface area (Å²) in [5.74, 6) is 0. The van der Waals surface area contributed by atoms with Crippen LogP contribution < -0.4 is 4.90 Å². The molecule has 3 heterocycles. The zero-order valence-electron chi connectivity index (χ0n) is 26.9. The second kappa shape index (κ2) is 10.6. The van der Waals surface area contributed by atoms with Gasteiger partial charge in [0, 0.05) is 70.5 Å². The summed E-state index contributed by atoms with van der Waals surface area (Å²) in [6.45, 7) is 0. The van der Waals surface area contributed by atoms with Crippen molar-refractivity contribution in [1.82, 2.24) is 4.57 Å². The first-order valence-electron chi connectivity index (χ1n) is 16.9. The summed E-state index contributed by atoms with van der Waals surface area (Å²) in [5, 5.41) is 9.79.